The summed E-state index contributed by atoms with van der Waals surface area (Å²) in [4.78, 5) is 27.1. The number of fused-ring (bicyclic) bond motifs is 1. The molecule has 2 aromatic carbocycles. The Hall–Kier alpha value is -3.08. The molecule has 2 aliphatic rings. The van der Waals surface area contributed by atoms with Gasteiger partial charge in [0.05, 0.1) is 5.69 Å². The van der Waals surface area contributed by atoms with Crippen LogP contribution in [0.5, 0.6) is 5.75 Å². The van der Waals surface area contributed by atoms with Crippen LogP contribution in [-0.4, -0.2) is 17.0 Å². The third-order valence-corrected chi connectivity index (χ3v) is 6.49. The van der Waals surface area contributed by atoms with Crippen LogP contribution in [0.3, 0.4) is 0 Å². The van der Waals surface area contributed by atoms with Gasteiger partial charge in [-0.1, -0.05) is 45.9 Å². The van der Waals surface area contributed by atoms with E-state index in [0.717, 1.165) is 24.0 Å². The van der Waals surface area contributed by atoms with E-state index in [2.05, 4.69) is 39.1 Å². The maximum absolute atomic E-state index is 13.1. The molecule has 0 bridgehead atoms. The molecule has 1 saturated heterocycles. The van der Waals surface area contributed by atoms with Crippen LogP contribution in [0.4, 0.5) is 10.5 Å². The first kappa shape index (κ1) is 20.2. The van der Waals surface area contributed by atoms with Crippen molar-refractivity contribution < 1.29 is 14.7 Å². The van der Waals surface area contributed by atoms with Gasteiger partial charge in [0.15, 0.2) is 0 Å². The van der Waals surface area contributed by atoms with Crippen molar-refractivity contribution in [2.75, 3.05) is 4.90 Å². The molecule has 5 heteroatoms. The second-order valence-electron chi connectivity index (χ2n) is 9.67. The Bertz CT molecular complexity index is 1080. The van der Waals surface area contributed by atoms with Gasteiger partial charge >= 0.3 is 6.03 Å². The largest absolute Gasteiger partial charge is 0.508 e. The zero-order valence-corrected chi connectivity index (χ0v) is 18.2. The number of hydrogen-bond donors (Lipinski definition) is 2. The van der Waals surface area contributed by atoms with Crippen molar-refractivity contribution in [3.63, 3.8) is 0 Å². The first-order valence-corrected chi connectivity index (χ1v) is 10.3. The first-order chi connectivity index (χ1) is 14.0. The normalized spacial score (nSPS) is 21.0. The Kier molecular flexibility index (Phi) is 4.53. The summed E-state index contributed by atoms with van der Waals surface area (Å²) in [7, 11) is 0. The molecule has 0 spiro atoms. The number of aromatic hydroxyl groups is 1. The number of hydrogen-bond acceptors (Lipinski definition) is 3. The van der Waals surface area contributed by atoms with Gasteiger partial charge in [0, 0.05) is 0 Å². The van der Waals surface area contributed by atoms with E-state index >= 15 is 0 Å². The molecule has 0 atom stereocenters. The van der Waals surface area contributed by atoms with Crippen molar-refractivity contribution in [3.8, 4) is 5.75 Å². The molecular weight excluding hydrogens is 376 g/mol. The van der Waals surface area contributed by atoms with Gasteiger partial charge in [0.2, 0.25) is 0 Å². The van der Waals surface area contributed by atoms with Crippen molar-refractivity contribution in [2.24, 2.45) is 0 Å². The van der Waals surface area contributed by atoms with Gasteiger partial charge in [-0.2, -0.15) is 0 Å². The molecule has 0 unspecified atom stereocenters. The molecule has 0 saturated carbocycles. The second-order valence-corrected chi connectivity index (χ2v) is 9.67. The molecule has 2 N–H and O–H groups in total. The van der Waals surface area contributed by atoms with Crippen LogP contribution in [0.25, 0.3) is 6.08 Å². The summed E-state index contributed by atoms with van der Waals surface area (Å²) in [5.41, 5.74) is 5.05. The van der Waals surface area contributed by atoms with Crippen molar-refractivity contribution in [3.05, 3.63) is 64.3 Å². The standard InChI is InChI=1S/C25H28N2O3/c1-15-12-18-19(25(4,5)11-10-24(18,2)3)14-21(15)27-22(29)20(26-23(27)30)13-16-6-8-17(28)9-7-16/h6-9,12-14,28H,10-11H2,1-5H3,(H,26,30). The number of anilines is 1. The van der Waals surface area contributed by atoms with Crippen LogP contribution in [-0.2, 0) is 15.6 Å². The average Bonchev–Trinajstić information content (AvgIpc) is 2.94. The lowest BCUT2D eigenvalue weighted by Crippen LogP contribution is -2.36. The number of nitrogens with one attached hydrogen (secondary N) is 1. The maximum Gasteiger partial charge on any atom is 0.333 e. The van der Waals surface area contributed by atoms with Crippen molar-refractivity contribution in [1.82, 2.24) is 5.32 Å². The Balaban J connectivity index is 1.77. The highest BCUT2D eigenvalue weighted by molar-refractivity contribution is 6.28. The Labute approximate surface area is 177 Å². The maximum atomic E-state index is 13.1. The summed E-state index contributed by atoms with van der Waals surface area (Å²) in [5.74, 6) is -0.222. The number of phenols is 1. The molecule has 1 aliphatic heterocycles. The number of carbonyl (C=O) groups is 2. The monoisotopic (exact) mass is 404 g/mol. The van der Waals surface area contributed by atoms with Crippen LogP contribution in [0.2, 0.25) is 0 Å². The molecular formula is C25H28N2O3. The summed E-state index contributed by atoms with van der Waals surface area (Å²) in [6, 6.07) is 10.2. The minimum atomic E-state index is -0.444. The third-order valence-electron chi connectivity index (χ3n) is 6.49. The van der Waals surface area contributed by atoms with Gasteiger partial charge in [0.25, 0.3) is 5.91 Å². The molecule has 30 heavy (non-hydrogen) atoms. The molecule has 2 aromatic rings. The van der Waals surface area contributed by atoms with Gasteiger partial charge in [0.1, 0.15) is 11.4 Å². The van der Waals surface area contributed by atoms with Crippen LogP contribution >= 0.6 is 0 Å². The number of imide groups is 1. The van der Waals surface area contributed by atoms with Crippen molar-refractivity contribution in [1.29, 1.82) is 0 Å². The second kappa shape index (κ2) is 6.73. The molecule has 1 aliphatic carbocycles. The molecule has 1 fully saturated rings. The number of phenolic OH excluding ortho intramolecular Hbond substituents is 1. The van der Waals surface area contributed by atoms with E-state index < -0.39 is 6.03 Å². The lowest BCUT2D eigenvalue weighted by molar-refractivity contribution is -0.113. The van der Waals surface area contributed by atoms with Crippen molar-refractivity contribution in [2.45, 2.75) is 58.3 Å². The van der Waals surface area contributed by atoms with Crippen LogP contribution in [0.15, 0.2) is 42.1 Å². The number of nitrogens with zero attached hydrogens (tertiary/aromatic N) is 1. The summed E-state index contributed by atoms with van der Waals surface area (Å²) < 4.78 is 0. The Morgan fingerprint density at radius 1 is 0.967 bits per heavy atom. The molecule has 156 valence electrons. The van der Waals surface area contributed by atoms with Gasteiger partial charge < -0.3 is 10.4 Å². The average molecular weight is 405 g/mol. The van der Waals surface area contributed by atoms with E-state index in [1.807, 2.05) is 13.0 Å². The highest BCUT2D eigenvalue weighted by Crippen LogP contribution is 2.47. The Morgan fingerprint density at radius 2 is 1.53 bits per heavy atom. The predicted octanol–water partition coefficient (Wildman–Crippen LogP) is 5.15. The van der Waals surface area contributed by atoms with Crippen LogP contribution in [0.1, 0.15) is 62.8 Å². The number of benzene rings is 2. The molecule has 1 heterocycles. The van der Waals surface area contributed by atoms with Gasteiger partial charge in [-0.05, 0) is 77.1 Å². The fourth-order valence-electron chi connectivity index (χ4n) is 4.44. The number of rotatable bonds is 2. The highest BCUT2D eigenvalue weighted by Gasteiger charge is 2.40. The fraction of sp³-hybridized carbons (Fsp3) is 0.360. The van der Waals surface area contributed by atoms with E-state index in [9.17, 15) is 14.7 Å². The minimum absolute atomic E-state index is 0.0166. The van der Waals surface area contributed by atoms with E-state index in [4.69, 9.17) is 0 Å². The molecule has 5 nitrogen and oxygen atoms in total. The van der Waals surface area contributed by atoms with Gasteiger partial charge in [-0.15, -0.1) is 0 Å². The summed E-state index contributed by atoms with van der Waals surface area (Å²) in [5, 5.41) is 12.1. The number of aryl methyl sites for hydroxylation is 1. The summed E-state index contributed by atoms with van der Waals surface area (Å²) in [6.07, 6.45) is 3.79. The zero-order valence-electron chi connectivity index (χ0n) is 18.2. The predicted molar refractivity (Wildman–Crippen MR) is 119 cm³/mol. The smallest absolute Gasteiger partial charge is 0.333 e. The SMILES string of the molecule is Cc1cc2c(cc1N1C(=O)NC(=Cc3ccc(O)cc3)C1=O)C(C)(C)CCC2(C)C. The third kappa shape index (κ3) is 3.28. The van der Waals surface area contributed by atoms with Crippen LogP contribution in [0, 0.1) is 6.92 Å². The lowest BCUT2D eigenvalue weighted by Gasteiger charge is -2.42. The van der Waals surface area contributed by atoms with E-state index in [0.29, 0.717) is 5.69 Å². The number of carbonyl (C=O) groups excluding carboxylic acids is 2. The topological polar surface area (TPSA) is 69.6 Å². The lowest BCUT2D eigenvalue weighted by atomic mass is 9.63. The summed E-state index contributed by atoms with van der Waals surface area (Å²) in [6.45, 7) is 10.9. The highest BCUT2D eigenvalue weighted by atomic mass is 16.3. The van der Waals surface area contributed by atoms with E-state index in [1.54, 1.807) is 30.3 Å². The van der Waals surface area contributed by atoms with Gasteiger partial charge in [-0.3, -0.25) is 4.79 Å². The zero-order chi connectivity index (χ0) is 21.8. The van der Waals surface area contributed by atoms with E-state index in [-0.39, 0.29) is 28.2 Å². The molecule has 3 amide bonds. The van der Waals surface area contributed by atoms with Crippen LogP contribution < -0.4 is 10.2 Å². The summed E-state index contributed by atoms with van der Waals surface area (Å²) >= 11 is 0. The first-order valence-electron chi connectivity index (χ1n) is 10.3. The number of urea groups is 1. The van der Waals surface area contributed by atoms with Gasteiger partial charge in [-0.25, -0.2) is 9.69 Å². The Morgan fingerprint density at radius 3 is 2.13 bits per heavy atom. The quantitative estimate of drug-likeness (QED) is 0.537. The molecule has 0 radical (unpaired) electrons. The molecule has 0 aromatic heterocycles. The number of amides is 3. The minimum Gasteiger partial charge on any atom is -0.508 e. The van der Waals surface area contributed by atoms with E-state index in [1.165, 1.54) is 16.0 Å². The fourth-order valence-corrected chi connectivity index (χ4v) is 4.44. The molecule has 4 rings (SSSR count). The van der Waals surface area contributed by atoms with Crippen molar-refractivity contribution >= 4 is 23.7 Å².